The standard InChI is InChI=1S/C32H39NO4/c1-36-32-14-13-30(18-23(32)24(34)11-9-20-5-3-2-4-6-20)26-17-22-10-12-25(35)28-27(22)31(30,29(32)37-28)15-16-33(26)19-21-7-8-21/h2-6,10,12,21,23-24,26,29,34-35H,7-9,11,13-19H2,1H3/t23-,24-,26-,29-,30-,31+,32+/m1/s1. The van der Waals surface area contributed by atoms with Crippen LogP contribution in [0, 0.1) is 17.3 Å². The van der Waals surface area contributed by atoms with Crippen LogP contribution in [0.1, 0.15) is 61.6 Å². The third-order valence-electron chi connectivity index (χ3n) is 11.7. The number of piperidine rings is 1. The topological polar surface area (TPSA) is 62.2 Å². The Morgan fingerprint density at radius 3 is 2.73 bits per heavy atom. The summed E-state index contributed by atoms with van der Waals surface area (Å²) in [6.45, 7) is 2.31. The molecule has 0 amide bonds. The van der Waals surface area contributed by atoms with E-state index in [-0.39, 0.29) is 28.6 Å². The molecule has 5 heteroatoms. The van der Waals surface area contributed by atoms with Crippen molar-refractivity contribution >= 4 is 0 Å². The van der Waals surface area contributed by atoms with Crippen LogP contribution in [0.5, 0.6) is 11.5 Å². The number of phenolic OH excluding ortho intramolecular Hbond substituents is 1. The van der Waals surface area contributed by atoms with Gasteiger partial charge >= 0.3 is 0 Å². The quantitative estimate of drug-likeness (QED) is 0.580. The van der Waals surface area contributed by atoms with Crippen molar-refractivity contribution in [2.24, 2.45) is 17.3 Å². The van der Waals surface area contributed by atoms with Crippen LogP contribution in [-0.2, 0) is 23.0 Å². The van der Waals surface area contributed by atoms with Crippen LogP contribution in [0.3, 0.4) is 0 Å². The Bertz CT molecular complexity index is 1230. The summed E-state index contributed by atoms with van der Waals surface area (Å²) in [4.78, 5) is 2.83. The Kier molecular flexibility index (Phi) is 4.78. The lowest BCUT2D eigenvalue weighted by molar-refractivity contribution is -0.290. The van der Waals surface area contributed by atoms with Gasteiger partial charge in [-0.1, -0.05) is 36.4 Å². The molecule has 0 radical (unpaired) electrons. The van der Waals surface area contributed by atoms with Crippen molar-refractivity contribution in [2.45, 2.75) is 87.1 Å². The number of hydrogen-bond acceptors (Lipinski definition) is 5. The van der Waals surface area contributed by atoms with E-state index in [1.165, 1.54) is 36.1 Å². The first-order valence-electron chi connectivity index (χ1n) is 14.6. The number of aliphatic hydroxyl groups is 1. The second kappa shape index (κ2) is 7.74. The maximum atomic E-state index is 11.9. The number of aryl methyl sites for hydroxylation is 1. The second-order valence-corrected chi connectivity index (χ2v) is 13.0. The molecule has 2 aromatic carbocycles. The zero-order chi connectivity index (χ0) is 25.0. The van der Waals surface area contributed by atoms with Gasteiger partial charge in [0.1, 0.15) is 11.7 Å². The van der Waals surface area contributed by atoms with Crippen LogP contribution in [0.2, 0.25) is 0 Å². The number of hydrogen-bond donors (Lipinski definition) is 2. The average Bonchev–Trinajstić information content (AvgIpc) is 3.67. The monoisotopic (exact) mass is 501 g/mol. The van der Waals surface area contributed by atoms with E-state index in [2.05, 4.69) is 35.2 Å². The first-order chi connectivity index (χ1) is 18.0. The van der Waals surface area contributed by atoms with Crippen LogP contribution >= 0.6 is 0 Å². The molecule has 2 spiro atoms. The molecule has 37 heavy (non-hydrogen) atoms. The maximum Gasteiger partial charge on any atom is 0.165 e. The number of nitrogens with zero attached hydrogens (tertiary/aromatic N) is 1. The van der Waals surface area contributed by atoms with E-state index in [1.807, 2.05) is 19.2 Å². The van der Waals surface area contributed by atoms with E-state index in [9.17, 15) is 10.2 Å². The van der Waals surface area contributed by atoms with E-state index < -0.39 is 11.7 Å². The van der Waals surface area contributed by atoms with Crippen LogP contribution in [-0.4, -0.2) is 59.2 Å². The van der Waals surface area contributed by atoms with Gasteiger partial charge in [-0.2, -0.15) is 0 Å². The summed E-state index contributed by atoms with van der Waals surface area (Å²) < 4.78 is 13.5. The van der Waals surface area contributed by atoms with Crippen LogP contribution < -0.4 is 4.74 Å². The highest BCUT2D eigenvalue weighted by atomic mass is 16.6. The van der Waals surface area contributed by atoms with Gasteiger partial charge in [0.25, 0.3) is 0 Å². The highest BCUT2D eigenvalue weighted by molar-refractivity contribution is 5.63. The molecule has 9 rings (SSSR count). The van der Waals surface area contributed by atoms with E-state index in [0.29, 0.717) is 11.8 Å². The van der Waals surface area contributed by atoms with Gasteiger partial charge in [-0.3, -0.25) is 4.90 Å². The SMILES string of the molecule is CO[C@@]12CC[C@@]3(C[C@@H]1[C@H](O)CCc1ccccc1)[C@H]1Cc4ccc(O)c5c4[C@@]3(CCN1CC1CC1)[C@H]2O5. The fraction of sp³-hybridized carbons (Fsp3) is 0.625. The number of aliphatic hydroxyl groups excluding tert-OH is 1. The Morgan fingerprint density at radius 2 is 1.95 bits per heavy atom. The first kappa shape index (κ1) is 22.9. The van der Waals surface area contributed by atoms with Crippen molar-refractivity contribution in [3.05, 3.63) is 59.2 Å². The van der Waals surface area contributed by atoms with E-state index in [0.717, 1.165) is 57.4 Å². The molecule has 2 aromatic rings. The van der Waals surface area contributed by atoms with E-state index in [1.54, 1.807) is 0 Å². The van der Waals surface area contributed by atoms with Crippen molar-refractivity contribution in [3.63, 3.8) is 0 Å². The predicted octanol–water partition coefficient (Wildman–Crippen LogP) is 4.61. The van der Waals surface area contributed by atoms with Crippen molar-refractivity contribution in [1.82, 2.24) is 4.90 Å². The molecule has 1 saturated heterocycles. The smallest absolute Gasteiger partial charge is 0.165 e. The summed E-state index contributed by atoms with van der Waals surface area (Å²) in [5.41, 5.74) is 3.30. The van der Waals surface area contributed by atoms with Crippen LogP contribution in [0.4, 0.5) is 0 Å². The van der Waals surface area contributed by atoms with Crippen molar-refractivity contribution in [2.75, 3.05) is 20.2 Å². The zero-order valence-electron chi connectivity index (χ0n) is 21.9. The van der Waals surface area contributed by atoms with Crippen molar-refractivity contribution in [1.29, 1.82) is 0 Å². The molecule has 5 fully saturated rings. The third-order valence-corrected chi connectivity index (χ3v) is 11.7. The Morgan fingerprint density at radius 1 is 1.11 bits per heavy atom. The minimum absolute atomic E-state index is 0.0227. The molecule has 2 N–H and O–H groups in total. The number of aromatic hydroxyl groups is 1. The van der Waals surface area contributed by atoms with Gasteiger partial charge in [0, 0.05) is 42.0 Å². The molecule has 5 aliphatic carbocycles. The predicted molar refractivity (Wildman–Crippen MR) is 141 cm³/mol. The summed E-state index contributed by atoms with van der Waals surface area (Å²) >= 11 is 0. The molecule has 0 unspecified atom stereocenters. The maximum absolute atomic E-state index is 11.9. The summed E-state index contributed by atoms with van der Waals surface area (Å²) in [5, 5.41) is 22.8. The second-order valence-electron chi connectivity index (χ2n) is 13.0. The molecule has 0 aromatic heterocycles. The van der Waals surface area contributed by atoms with Crippen molar-refractivity contribution in [3.8, 4) is 11.5 Å². The van der Waals surface area contributed by atoms with Gasteiger partial charge in [0.2, 0.25) is 0 Å². The van der Waals surface area contributed by atoms with Gasteiger partial charge < -0.3 is 19.7 Å². The van der Waals surface area contributed by atoms with Crippen molar-refractivity contribution < 1.29 is 19.7 Å². The number of likely N-dealkylation sites (tertiary alicyclic amines) is 1. The fourth-order valence-electron chi connectivity index (χ4n) is 10.1. The summed E-state index contributed by atoms with van der Waals surface area (Å²) in [5.74, 6) is 1.86. The lowest BCUT2D eigenvalue weighted by atomic mass is 9.34. The molecule has 2 aliphatic heterocycles. The lowest BCUT2D eigenvalue weighted by Crippen LogP contribution is -2.81. The molecule has 7 atom stereocenters. The molecule has 4 saturated carbocycles. The minimum Gasteiger partial charge on any atom is -0.504 e. The Hall–Kier alpha value is -2.08. The zero-order valence-corrected chi connectivity index (χ0v) is 21.9. The van der Waals surface area contributed by atoms with Crippen LogP contribution in [0.15, 0.2) is 42.5 Å². The molecular formula is C32H39NO4. The Balaban J connectivity index is 1.24. The number of rotatable bonds is 7. The van der Waals surface area contributed by atoms with Crippen LogP contribution in [0.25, 0.3) is 0 Å². The van der Waals surface area contributed by atoms with E-state index >= 15 is 0 Å². The average molecular weight is 502 g/mol. The van der Waals surface area contributed by atoms with Gasteiger partial charge in [-0.25, -0.2) is 0 Å². The van der Waals surface area contributed by atoms with Gasteiger partial charge in [0.15, 0.2) is 11.5 Å². The number of fused-ring (bicyclic) bond motifs is 2. The first-order valence-corrected chi connectivity index (χ1v) is 14.6. The summed E-state index contributed by atoms with van der Waals surface area (Å²) in [6, 6.07) is 15.0. The number of ether oxygens (including phenoxy) is 2. The number of phenols is 1. The highest BCUT2D eigenvalue weighted by Crippen LogP contribution is 2.77. The number of benzene rings is 2. The normalized spacial score (nSPS) is 39.8. The van der Waals surface area contributed by atoms with Gasteiger partial charge in [-0.15, -0.1) is 0 Å². The molecule has 5 nitrogen and oxygen atoms in total. The molecule has 196 valence electrons. The number of methoxy groups -OCH3 is 1. The fourth-order valence-corrected chi connectivity index (χ4v) is 10.1. The largest absolute Gasteiger partial charge is 0.504 e. The molecule has 2 heterocycles. The highest BCUT2D eigenvalue weighted by Gasteiger charge is 2.81. The third kappa shape index (κ3) is 2.81. The van der Waals surface area contributed by atoms with E-state index in [4.69, 9.17) is 9.47 Å². The lowest BCUT2D eigenvalue weighted by Gasteiger charge is -2.74. The van der Waals surface area contributed by atoms with Gasteiger partial charge in [0.05, 0.1) is 6.10 Å². The molecule has 7 aliphatic rings. The Labute approximate surface area is 219 Å². The molecule has 4 bridgehead atoms. The minimum atomic E-state index is -0.541. The molecular weight excluding hydrogens is 462 g/mol. The summed E-state index contributed by atoms with van der Waals surface area (Å²) in [6.07, 6.45) is 8.83. The summed E-state index contributed by atoms with van der Waals surface area (Å²) in [7, 11) is 1.83. The van der Waals surface area contributed by atoms with Gasteiger partial charge in [-0.05, 0) is 87.4 Å².